The van der Waals surface area contributed by atoms with Crippen LogP contribution in [-0.2, 0) is 0 Å². The number of H-pyrrole nitrogens is 1. The van der Waals surface area contributed by atoms with E-state index >= 15 is 0 Å². The van der Waals surface area contributed by atoms with Gasteiger partial charge in [-0.05, 0) is 24.7 Å². The van der Waals surface area contributed by atoms with Crippen molar-refractivity contribution in [1.29, 1.82) is 0 Å². The zero-order valence-corrected chi connectivity index (χ0v) is 12.6. The van der Waals surface area contributed by atoms with Crippen LogP contribution in [-0.4, -0.2) is 25.8 Å². The Labute approximate surface area is 114 Å². The van der Waals surface area contributed by atoms with Crippen LogP contribution in [0, 0.1) is 11.8 Å². The van der Waals surface area contributed by atoms with Crippen LogP contribution in [0.25, 0.3) is 0 Å². The van der Waals surface area contributed by atoms with E-state index in [4.69, 9.17) is 0 Å². The minimum absolute atomic E-state index is 0.0602. The predicted molar refractivity (Wildman–Crippen MR) is 74.0 cm³/mol. The van der Waals surface area contributed by atoms with E-state index < -0.39 is 0 Å². The molecular weight excluding hydrogens is 302 g/mol. The highest BCUT2D eigenvalue weighted by atomic mass is 79.9. The fourth-order valence-corrected chi connectivity index (χ4v) is 4.27. The molecule has 1 aliphatic carbocycles. The predicted octanol–water partition coefficient (Wildman–Crippen LogP) is 2.67. The molecule has 4 nitrogen and oxygen atoms in total. The minimum atomic E-state index is -0.0602. The van der Waals surface area contributed by atoms with Gasteiger partial charge in [-0.15, -0.1) is 5.10 Å². The fourth-order valence-electron chi connectivity index (χ4n) is 1.64. The second-order valence-corrected chi connectivity index (χ2v) is 6.52. The van der Waals surface area contributed by atoms with Gasteiger partial charge in [-0.3, -0.25) is 4.57 Å². The van der Waals surface area contributed by atoms with Gasteiger partial charge in [0.2, 0.25) is 0 Å². The van der Waals surface area contributed by atoms with Crippen molar-refractivity contribution in [3.05, 3.63) is 10.5 Å². The summed E-state index contributed by atoms with van der Waals surface area (Å²) in [6.07, 6.45) is 2.22. The first-order valence-electron chi connectivity index (χ1n) is 5.99. The number of halogens is 1. The molecule has 1 aromatic heterocycles. The maximum absolute atomic E-state index is 11.6. The van der Waals surface area contributed by atoms with Crippen LogP contribution in [0.5, 0.6) is 0 Å². The fraction of sp³-hybridized carbons (Fsp3) is 0.818. The molecule has 1 fully saturated rings. The smallest absolute Gasteiger partial charge is 0.267 e. The van der Waals surface area contributed by atoms with Crippen molar-refractivity contribution >= 4 is 27.7 Å². The average molecular weight is 320 g/mol. The van der Waals surface area contributed by atoms with Crippen molar-refractivity contribution in [2.45, 2.75) is 37.9 Å². The zero-order valence-electron chi connectivity index (χ0n) is 10.1. The molecule has 1 atom stereocenters. The zero-order chi connectivity index (χ0) is 12.4. The topological polar surface area (TPSA) is 50.7 Å². The van der Waals surface area contributed by atoms with E-state index in [-0.39, 0.29) is 5.69 Å². The van der Waals surface area contributed by atoms with Crippen molar-refractivity contribution in [1.82, 2.24) is 14.8 Å². The summed E-state index contributed by atoms with van der Waals surface area (Å²) >= 11 is 5.23. The van der Waals surface area contributed by atoms with Crippen LogP contribution in [0.2, 0.25) is 0 Å². The van der Waals surface area contributed by atoms with E-state index in [9.17, 15) is 4.79 Å². The Morgan fingerprint density at radius 1 is 1.59 bits per heavy atom. The lowest BCUT2D eigenvalue weighted by molar-refractivity contribution is 0.474. The van der Waals surface area contributed by atoms with Crippen LogP contribution in [0.3, 0.4) is 0 Å². The van der Waals surface area contributed by atoms with E-state index in [1.807, 2.05) is 4.57 Å². The van der Waals surface area contributed by atoms with Crippen LogP contribution in [0.4, 0.5) is 0 Å². The average Bonchev–Trinajstić information content (AvgIpc) is 3.04. The second kappa shape index (κ2) is 5.61. The monoisotopic (exact) mass is 319 g/mol. The van der Waals surface area contributed by atoms with E-state index in [2.05, 4.69) is 40.0 Å². The lowest BCUT2D eigenvalue weighted by Crippen LogP contribution is -2.17. The van der Waals surface area contributed by atoms with Gasteiger partial charge in [0, 0.05) is 17.1 Å². The van der Waals surface area contributed by atoms with E-state index in [0.29, 0.717) is 17.9 Å². The molecule has 0 spiro atoms. The molecule has 0 aromatic carbocycles. The lowest BCUT2D eigenvalue weighted by Gasteiger charge is -2.17. The Kier molecular flexibility index (Phi) is 4.36. The molecule has 0 amide bonds. The van der Waals surface area contributed by atoms with Gasteiger partial charge in [0.1, 0.15) is 0 Å². The van der Waals surface area contributed by atoms with Gasteiger partial charge in [-0.2, -0.15) is 0 Å². The number of rotatable bonds is 6. The number of aromatic amines is 1. The Morgan fingerprint density at radius 3 is 2.82 bits per heavy atom. The summed E-state index contributed by atoms with van der Waals surface area (Å²) in [5, 5.41) is 8.52. The minimum Gasteiger partial charge on any atom is -0.267 e. The molecule has 96 valence electrons. The van der Waals surface area contributed by atoms with Gasteiger partial charge in [-0.1, -0.05) is 41.5 Å². The maximum Gasteiger partial charge on any atom is 0.344 e. The molecule has 1 unspecified atom stereocenters. The molecule has 1 heterocycles. The number of thioether (sulfide) groups is 1. The lowest BCUT2D eigenvalue weighted by atomic mass is 10.0. The summed E-state index contributed by atoms with van der Waals surface area (Å²) in [6, 6.07) is 0.394. The Balaban J connectivity index is 2.01. The summed E-state index contributed by atoms with van der Waals surface area (Å²) in [5.41, 5.74) is -0.0602. The number of hydrogen-bond donors (Lipinski definition) is 1. The maximum atomic E-state index is 11.6. The molecule has 0 bridgehead atoms. The SMILES string of the molecule is CC(C)C(CBr)CSc1n[nH]c(=O)n1C1CC1. The highest BCUT2D eigenvalue weighted by molar-refractivity contribution is 9.09. The third-order valence-corrected chi connectivity index (χ3v) is 5.12. The van der Waals surface area contributed by atoms with Gasteiger partial charge in [0.05, 0.1) is 0 Å². The van der Waals surface area contributed by atoms with Gasteiger partial charge in [0.25, 0.3) is 0 Å². The molecule has 0 aliphatic heterocycles. The first-order chi connectivity index (χ1) is 8.13. The summed E-state index contributed by atoms with van der Waals surface area (Å²) in [6.45, 7) is 4.45. The van der Waals surface area contributed by atoms with Crippen LogP contribution < -0.4 is 5.69 Å². The first-order valence-corrected chi connectivity index (χ1v) is 8.09. The molecule has 1 N–H and O–H groups in total. The number of nitrogens with zero attached hydrogens (tertiary/aromatic N) is 2. The molecule has 17 heavy (non-hydrogen) atoms. The van der Waals surface area contributed by atoms with Gasteiger partial charge in [-0.25, -0.2) is 9.89 Å². The number of nitrogens with one attached hydrogen (secondary N) is 1. The van der Waals surface area contributed by atoms with Gasteiger partial charge >= 0.3 is 5.69 Å². The van der Waals surface area contributed by atoms with Gasteiger partial charge < -0.3 is 0 Å². The van der Waals surface area contributed by atoms with Crippen LogP contribution in [0.15, 0.2) is 9.95 Å². The normalized spacial score (nSPS) is 17.6. The van der Waals surface area contributed by atoms with E-state index in [0.717, 1.165) is 29.1 Å². The quantitative estimate of drug-likeness (QED) is 0.648. The first kappa shape index (κ1) is 13.2. The van der Waals surface area contributed by atoms with Gasteiger partial charge in [0.15, 0.2) is 5.16 Å². The molecule has 0 saturated heterocycles. The van der Waals surface area contributed by atoms with Crippen LogP contribution in [0.1, 0.15) is 32.7 Å². The number of hydrogen-bond acceptors (Lipinski definition) is 3. The van der Waals surface area contributed by atoms with Crippen LogP contribution >= 0.6 is 27.7 Å². The molecule has 6 heteroatoms. The molecule has 0 radical (unpaired) electrons. The Morgan fingerprint density at radius 2 is 2.29 bits per heavy atom. The molecule has 2 rings (SSSR count). The highest BCUT2D eigenvalue weighted by Gasteiger charge is 2.28. The van der Waals surface area contributed by atoms with E-state index in [1.165, 1.54) is 0 Å². The van der Waals surface area contributed by atoms with Crippen molar-refractivity contribution in [2.24, 2.45) is 11.8 Å². The van der Waals surface area contributed by atoms with Crippen molar-refractivity contribution in [3.8, 4) is 0 Å². The standard InChI is InChI=1S/C11H18BrN3OS/c1-7(2)8(5-12)6-17-11-14-13-10(16)15(11)9-3-4-9/h7-9H,3-6H2,1-2H3,(H,13,16). The number of alkyl halides is 1. The van der Waals surface area contributed by atoms with Crippen molar-refractivity contribution in [3.63, 3.8) is 0 Å². The van der Waals surface area contributed by atoms with E-state index in [1.54, 1.807) is 11.8 Å². The van der Waals surface area contributed by atoms with Crippen molar-refractivity contribution < 1.29 is 0 Å². The third kappa shape index (κ3) is 3.16. The summed E-state index contributed by atoms with van der Waals surface area (Å²) in [5.74, 6) is 2.25. The summed E-state index contributed by atoms with van der Waals surface area (Å²) in [4.78, 5) is 11.6. The highest BCUT2D eigenvalue weighted by Crippen LogP contribution is 2.36. The molecular formula is C11H18BrN3OS. The molecule has 1 saturated carbocycles. The third-order valence-electron chi connectivity index (χ3n) is 3.15. The summed E-state index contributed by atoms with van der Waals surface area (Å²) < 4.78 is 1.82. The van der Waals surface area contributed by atoms with Crippen molar-refractivity contribution in [2.75, 3.05) is 11.1 Å². The number of aromatic nitrogens is 3. The Hall–Kier alpha value is -0.230. The molecule has 1 aromatic rings. The summed E-state index contributed by atoms with van der Waals surface area (Å²) in [7, 11) is 0. The largest absolute Gasteiger partial charge is 0.344 e. The molecule has 1 aliphatic rings. The second-order valence-electron chi connectivity index (χ2n) is 4.88. The Bertz CT molecular complexity index is 425.